The summed E-state index contributed by atoms with van der Waals surface area (Å²) in [5.41, 5.74) is 2.81. The van der Waals surface area contributed by atoms with Gasteiger partial charge in [-0.3, -0.25) is 4.79 Å². The molecule has 1 aromatic heterocycles. The van der Waals surface area contributed by atoms with Gasteiger partial charge in [0.2, 0.25) is 5.91 Å². The normalized spacial score (nSPS) is 11.4. The molecule has 1 N–H and O–H groups in total. The topological polar surface area (TPSA) is 76.1 Å². The van der Waals surface area contributed by atoms with Crippen molar-refractivity contribution in [2.24, 2.45) is 0 Å². The lowest BCUT2D eigenvalue weighted by molar-refractivity contribution is -0.120. The van der Waals surface area contributed by atoms with Gasteiger partial charge in [-0.15, -0.1) is 11.3 Å². The number of aromatic nitrogens is 1. The van der Waals surface area contributed by atoms with Crippen molar-refractivity contribution in [3.8, 4) is 11.3 Å². The van der Waals surface area contributed by atoms with Crippen molar-refractivity contribution in [1.82, 2.24) is 10.3 Å². The summed E-state index contributed by atoms with van der Waals surface area (Å²) in [4.78, 5) is 18.0. The Hall–Kier alpha value is -2.22. The number of benzene rings is 2. The second kappa shape index (κ2) is 9.07. The molecule has 0 aliphatic heterocycles. The number of hydrogen-bond donors (Lipinski definition) is 1. The van der Waals surface area contributed by atoms with Gasteiger partial charge < -0.3 is 5.32 Å². The molecule has 29 heavy (non-hydrogen) atoms. The third-order valence-electron chi connectivity index (χ3n) is 4.37. The standard InChI is InChI=1S/C21H21ClN2O3S2/c1-14-3-9-18(10-4-14)29(26,27)12-11-19(25)23-13-20-24-21(15(2)28-20)16-5-7-17(22)8-6-16/h3-10H,11-13H2,1-2H3,(H,23,25). The maximum Gasteiger partial charge on any atom is 0.221 e. The minimum atomic E-state index is -3.48. The molecule has 0 aliphatic rings. The lowest BCUT2D eigenvalue weighted by Gasteiger charge is -2.06. The van der Waals surface area contributed by atoms with Gasteiger partial charge in [0.05, 0.1) is 22.9 Å². The molecule has 8 heteroatoms. The lowest BCUT2D eigenvalue weighted by atomic mass is 10.1. The Labute approximate surface area is 179 Å². The third-order valence-corrected chi connectivity index (χ3v) is 7.33. The first-order valence-corrected chi connectivity index (χ1v) is 11.9. The van der Waals surface area contributed by atoms with Crippen LogP contribution in [0.2, 0.25) is 5.02 Å². The van der Waals surface area contributed by atoms with E-state index in [9.17, 15) is 13.2 Å². The molecular formula is C21H21ClN2O3S2. The number of amides is 1. The highest BCUT2D eigenvalue weighted by atomic mass is 35.5. The Kier molecular flexibility index (Phi) is 6.72. The predicted molar refractivity (Wildman–Crippen MR) is 117 cm³/mol. The Morgan fingerprint density at radius 3 is 2.38 bits per heavy atom. The average Bonchev–Trinajstić information content (AvgIpc) is 3.06. The highest BCUT2D eigenvalue weighted by Gasteiger charge is 2.17. The van der Waals surface area contributed by atoms with Crippen molar-refractivity contribution in [2.45, 2.75) is 31.7 Å². The highest BCUT2D eigenvalue weighted by Crippen LogP contribution is 2.28. The van der Waals surface area contributed by atoms with Gasteiger partial charge in [-0.25, -0.2) is 13.4 Å². The van der Waals surface area contributed by atoms with Crippen molar-refractivity contribution in [1.29, 1.82) is 0 Å². The molecule has 3 aromatic rings. The molecular weight excluding hydrogens is 428 g/mol. The summed E-state index contributed by atoms with van der Waals surface area (Å²) >= 11 is 7.43. The Morgan fingerprint density at radius 1 is 1.07 bits per heavy atom. The van der Waals surface area contributed by atoms with Crippen LogP contribution in [0.4, 0.5) is 0 Å². The first kappa shape index (κ1) is 21.5. The van der Waals surface area contributed by atoms with Crippen molar-refractivity contribution in [3.05, 3.63) is 69.0 Å². The van der Waals surface area contributed by atoms with Gasteiger partial charge in [-0.05, 0) is 38.1 Å². The molecule has 0 spiro atoms. The molecule has 2 aromatic carbocycles. The van der Waals surface area contributed by atoms with Gasteiger partial charge in [0.25, 0.3) is 0 Å². The first-order chi connectivity index (χ1) is 13.7. The molecule has 0 bridgehead atoms. The summed E-state index contributed by atoms with van der Waals surface area (Å²) in [5.74, 6) is -0.545. The Balaban J connectivity index is 1.56. The fraction of sp³-hybridized carbons (Fsp3) is 0.238. The van der Waals surface area contributed by atoms with Crippen LogP contribution in [0.25, 0.3) is 11.3 Å². The van der Waals surface area contributed by atoms with E-state index in [0.29, 0.717) is 5.02 Å². The average molecular weight is 449 g/mol. The molecule has 0 atom stereocenters. The number of hydrogen-bond acceptors (Lipinski definition) is 5. The predicted octanol–water partition coefficient (Wildman–Crippen LogP) is 4.56. The monoisotopic (exact) mass is 448 g/mol. The summed E-state index contributed by atoms with van der Waals surface area (Å²) in [5, 5.41) is 4.18. The first-order valence-electron chi connectivity index (χ1n) is 9.03. The minimum Gasteiger partial charge on any atom is -0.350 e. The molecule has 3 rings (SSSR count). The van der Waals surface area contributed by atoms with Crippen LogP contribution in [0, 0.1) is 13.8 Å². The second-order valence-electron chi connectivity index (χ2n) is 6.68. The van der Waals surface area contributed by atoms with Gasteiger partial charge in [0, 0.05) is 21.9 Å². The number of carbonyl (C=O) groups is 1. The Morgan fingerprint density at radius 2 is 1.72 bits per heavy atom. The van der Waals surface area contributed by atoms with Crippen LogP contribution in [0.5, 0.6) is 0 Å². The maximum atomic E-state index is 12.4. The minimum absolute atomic E-state index is 0.0927. The molecule has 152 valence electrons. The Bertz CT molecular complexity index is 1110. The molecule has 1 heterocycles. The van der Waals surface area contributed by atoms with Crippen LogP contribution in [0.3, 0.4) is 0 Å². The number of nitrogens with one attached hydrogen (secondary N) is 1. The van der Waals surface area contributed by atoms with Crippen molar-refractivity contribution in [3.63, 3.8) is 0 Å². The van der Waals surface area contributed by atoms with E-state index in [1.807, 2.05) is 38.1 Å². The van der Waals surface area contributed by atoms with E-state index < -0.39 is 9.84 Å². The number of aryl methyl sites for hydroxylation is 2. The number of halogens is 1. The van der Waals surface area contributed by atoms with Crippen molar-refractivity contribution >= 4 is 38.7 Å². The summed E-state index contributed by atoms with van der Waals surface area (Å²) in [6.45, 7) is 4.13. The highest BCUT2D eigenvalue weighted by molar-refractivity contribution is 7.91. The third kappa shape index (κ3) is 5.65. The summed E-state index contributed by atoms with van der Waals surface area (Å²) in [6, 6.07) is 14.1. The fourth-order valence-electron chi connectivity index (χ4n) is 2.76. The molecule has 1 amide bonds. The second-order valence-corrected chi connectivity index (χ2v) is 10.5. The number of thiazole rings is 1. The van der Waals surface area contributed by atoms with Crippen LogP contribution in [0.1, 0.15) is 21.9 Å². The van der Waals surface area contributed by atoms with Crippen LogP contribution < -0.4 is 5.32 Å². The van der Waals surface area contributed by atoms with E-state index in [1.165, 1.54) is 11.3 Å². The summed E-state index contributed by atoms with van der Waals surface area (Å²) in [6.07, 6.45) is -0.0927. The van der Waals surface area contributed by atoms with Crippen LogP contribution in [-0.2, 0) is 21.2 Å². The number of carbonyl (C=O) groups excluding carboxylic acids is 1. The van der Waals surface area contributed by atoms with E-state index in [0.717, 1.165) is 26.7 Å². The van der Waals surface area contributed by atoms with Crippen LogP contribution in [-0.4, -0.2) is 25.1 Å². The van der Waals surface area contributed by atoms with Gasteiger partial charge in [-0.1, -0.05) is 41.4 Å². The molecule has 5 nitrogen and oxygen atoms in total. The molecule has 0 saturated carbocycles. The SMILES string of the molecule is Cc1ccc(S(=O)(=O)CCC(=O)NCc2nc(-c3ccc(Cl)cc3)c(C)s2)cc1. The summed E-state index contributed by atoms with van der Waals surface area (Å²) in [7, 11) is -3.48. The molecule has 0 radical (unpaired) electrons. The van der Waals surface area contributed by atoms with E-state index in [1.54, 1.807) is 24.3 Å². The van der Waals surface area contributed by atoms with Crippen LogP contribution >= 0.6 is 22.9 Å². The van der Waals surface area contributed by atoms with E-state index in [-0.39, 0.29) is 29.5 Å². The maximum absolute atomic E-state index is 12.4. The van der Waals surface area contributed by atoms with Gasteiger partial charge in [-0.2, -0.15) is 0 Å². The van der Waals surface area contributed by atoms with E-state index in [2.05, 4.69) is 10.3 Å². The van der Waals surface area contributed by atoms with Gasteiger partial charge in [0.1, 0.15) is 5.01 Å². The van der Waals surface area contributed by atoms with Gasteiger partial charge >= 0.3 is 0 Å². The fourth-order valence-corrected chi connectivity index (χ4v) is 5.02. The molecule has 0 unspecified atom stereocenters. The molecule has 0 saturated heterocycles. The van der Waals surface area contributed by atoms with Crippen LogP contribution in [0.15, 0.2) is 53.4 Å². The zero-order chi connectivity index (χ0) is 21.0. The lowest BCUT2D eigenvalue weighted by Crippen LogP contribution is -2.25. The van der Waals surface area contributed by atoms with E-state index >= 15 is 0 Å². The van der Waals surface area contributed by atoms with Crippen molar-refractivity contribution in [2.75, 3.05) is 5.75 Å². The zero-order valence-corrected chi connectivity index (χ0v) is 18.5. The quantitative estimate of drug-likeness (QED) is 0.574. The van der Waals surface area contributed by atoms with Crippen molar-refractivity contribution < 1.29 is 13.2 Å². The number of sulfone groups is 1. The zero-order valence-electron chi connectivity index (χ0n) is 16.1. The number of rotatable bonds is 7. The molecule has 0 aliphatic carbocycles. The van der Waals surface area contributed by atoms with E-state index in [4.69, 9.17) is 11.6 Å². The molecule has 0 fully saturated rings. The van der Waals surface area contributed by atoms with Gasteiger partial charge in [0.15, 0.2) is 9.84 Å². The summed E-state index contributed by atoms with van der Waals surface area (Å²) < 4.78 is 24.7. The number of nitrogens with zero attached hydrogens (tertiary/aromatic N) is 1. The largest absolute Gasteiger partial charge is 0.350 e. The smallest absolute Gasteiger partial charge is 0.221 e.